The average Bonchev–Trinajstić information content (AvgIpc) is 2.66. The standard InChI is InChI=1S/C19H25N5O3/c1-14-12-15(2)24(19(26)22-14)7-6-21-18(25)17(16-4-3-5-20-13-16)23-8-10-27-11-9-23/h3-5,12-13,17H,6-11H2,1-2H3,(H,21,25). The van der Waals surface area contributed by atoms with Gasteiger partial charge >= 0.3 is 5.69 Å². The summed E-state index contributed by atoms with van der Waals surface area (Å²) in [5.41, 5.74) is 2.08. The molecule has 3 rings (SSSR count). The van der Waals surface area contributed by atoms with Gasteiger partial charge in [-0.25, -0.2) is 4.79 Å². The molecular formula is C19H25N5O3. The second-order valence-corrected chi connectivity index (χ2v) is 6.60. The summed E-state index contributed by atoms with van der Waals surface area (Å²) < 4.78 is 6.98. The Morgan fingerprint density at radius 3 is 2.78 bits per heavy atom. The maximum absolute atomic E-state index is 12.9. The summed E-state index contributed by atoms with van der Waals surface area (Å²) in [5, 5.41) is 2.96. The molecule has 0 spiro atoms. The molecule has 1 saturated heterocycles. The SMILES string of the molecule is Cc1cc(C)n(CCNC(=O)C(c2cccnc2)N2CCOCC2)c(=O)n1. The number of amides is 1. The smallest absolute Gasteiger partial charge is 0.348 e. The van der Waals surface area contributed by atoms with Crippen LogP contribution in [-0.4, -0.2) is 58.2 Å². The summed E-state index contributed by atoms with van der Waals surface area (Å²) in [4.78, 5) is 35.2. The third-order valence-electron chi connectivity index (χ3n) is 4.64. The van der Waals surface area contributed by atoms with Crippen LogP contribution in [-0.2, 0) is 16.1 Å². The molecule has 0 bridgehead atoms. The molecule has 1 fully saturated rings. The highest BCUT2D eigenvalue weighted by molar-refractivity contribution is 5.83. The molecule has 1 aliphatic rings. The van der Waals surface area contributed by atoms with E-state index in [9.17, 15) is 9.59 Å². The van der Waals surface area contributed by atoms with E-state index in [1.165, 1.54) is 0 Å². The molecule has 27 heavy (non-hydrogen) atoms. The molecule has 8 heteroatoms. The number of hydrogen-bond donors (Lipinski definition) is 1. The molecule has 2 aromatic rings. The van der Waals surface area contributed by atoms with Gasteiger partial charge in [0.15, 0.2) is 0 Å². The predicted molar refractivity (Wildman–Crippen MR) is 100 cm³/mol. The number of carbonyl (C=O) groups excluding carboxylic acids is 1. The fourth-order valence-corrected chi connectivity index (χ4v) is 3.34. The van der Waals surface area contributed by atoms with Crippen LogP contribution in [0.15, 0.2) is 35.4 Å². The van der Waals surface area contributed by atoms with Crippen LogP contribution in [0, 0.1) is 13.8 Å². The summed E-state index contributed by atoms with van der Waals surface area (Å²) in [6.07, 6.45) is 3.41. The van der Waals surface area contributed by atoms with Gasteiger partial charge in [0.2, 0.25) is 5.91 Å². The molecule has 0 aliphatic carbocycles. The third-order valence-corrected chi connectivity index (χ3v) is 4.64. The van der Waals surface area contributed by atoms with Crippen LogP contribution in [0.4, 0.5) is 0 Å². The van der Waals surface area contributed by atoms with Gasteiger partial charge in [0, 0.05) is 50.0 Å². The lowest BCUT2D eigenvalue weighted by Crippen LogP contribution is -2.46. The van der Waals surface area contributed by atoms with E-state index in [4.69, 9.17) is 4.74 Å². The lowest BCUT2D eigenvalue weighted by molar-refractivity contribution is -0.128. The van der Waals surface area contributed by atoms with Crippen molar-refractivity contribution in [2.75, 3.05) is 32.8 Å². The number of aryl methyl sites for hydroxylation is 2. The van der Waals surface area contributed by atoms with E-state index in [-0.39, 0.29) is 11.6 Å². The first-order chi connectivity index (χ1) is 13.1. The maximum Gasteiger partial charge on any atom is 0.348 e. The first kappa shape index (κ1) is 19.2. The molecule has 1 atom stereocenters. The molecule has 2 aromatic heterocycles. The van der Waals surface area contributed by atoms with Crippen molar-refractivity contribution >= 4 is 5.91 Å². The van der Waals surface area contributed by atoms with Gasteiger partial charge in [-0.05, 0) is 31.5 Å². The van der Waals surface area contributed by atoms with Gasteiger partial charge in [0.05, 0.1) is 13.2 Å². The second-order valence-electron chi connectivity index (χ2n) is 6.60. The minimum atomic E-state index is -0.420. The van der Waals surface area contributed by atoms with Gasteiger partial charge in [-0.15, -0.1) is 0 Å². The van der Waals surface area contributed by atoms with E-state index in [2.05, 4.69) is 20.2 Å². The van der Waals surface area contributed by atoms with Crippen LogP contribution in [0.5, 0.6) is 0 Å². The predicted octanol–water partition coefficient (Wildman–Crippen LogP) is 0.445. The zero-order chi connectivity index (χ0) is 19.2. The number of morpholine rings is 1. The number of pyridine rings is 1. The highest BCUT2D eigenvalue weighted by Crippen LogP contribution is 2.21. The van der Waals surface area contributed by atoms with Crippen LogP contribution < -0.4 is 11.0 Å². The second kappa shape index (κ2) is 8.88. The monoisotopic (exact) mass is 371 g/mol. The van der Waals surface area contributed by atoms with Crippen molar-refractivity contribution in [2.45, 2.75) is 26.4 Å². The number of hydrogen-bond acceptors (Lipinski definition) is 6. The molecule has 1 aliphatic heterocycles. The number of rotatable bonds is 6. The van der Waals surface area contributed by atoms with Crippen molar-refractivity contribution in [3.05, 3.63) is 58.0 Å². The molecule has 1 amide bonds. The number of nitrogens with zero attached hydrogens (tertiary/aromatic N) is 4. The molecular weight excluding hydrogens is 346 g/mol. The van der Waals surface area contributed by atoms with E-state index >= 15 is 0 Å². The van der Waals surface area contributed by atoms with Crippen molar-refractivity contribution < 1.29 is 9.53 Å². The average molecular weight is 371 g/mol. The normalized spacial score (nSPS) is 16.1. The largest absolute Gasteiger partial charge is 0.379 e. The highest BCUT2D eigenvalue weighted by atomic mass is 16.5. The Morgan fingerprint density at radius 1 is 1.33 bits per heavy atom. The van der Waals surface area contributed by atoms with Crippen molar-refractivity contribution in [1.29, 1.82) is 0 Å². The summed E-state index contributed by atoms with van der Waals surface area (Å²) in [5.74, 6) is -0.101. The Bertz CT molecular complexity index is 831. The Morgan fingerprint density at radius 2 is 2.11 bits per heavy atom. The Kier molecular flexibility index (Phi) is 6.31. The number of nitrogens with one attached hydrogen (secondary N) is 1. The van der Waals surface area contributed by atoms with E-state index in [1.807, 2.05) is 25.1 Å². The zero-order valence-corrected chi connectivity index (χ0v) is 15.7. The summed E-state index contributed by atoms with van der Waals surface area (Å²) in [6, 6.07) is 5.17. The van der Waals surface area contributed by atoms with Gasteiger partial charge in [-0.1, -0.05) is 6.07 Å². The van der Waals surface area contributed by atoms with Crippen LogP contribution in [0.3, 0.4) is 0 Å². The van der Waals surface area contributed by atoms with Gasteiger partial charge in [0.25, 0.3) is 0 Å². The summed E-state index contributed by atoms with van der Waals surface area (Å²) in [7, 11) is 0. The number of ether oxygens (including phenoxy) is 1. The third kappa shape index (κ3) is 4.78. The van der Waals surface area contributed by atoms with Gasteiger partial charge in [-0.2, -0.15) is 4.98 Å². The topological polar surface area (TPSA) is 89.4 Å². The fourth-order valence-electron chi connectivity index (χ4n) is 3.34. The van der Waals surface area contributed by atoms with E-state index in [0.29, 0.717) is 45.1 Å². The lowest BCUT2D eigenvalue weighted by Gasteiger charge is -2.33. The number of carbonyl (C=O) groups is 1. The fraction of sp³-hybridized carbons (Fsp3) is 0.474. The van der Waals surface area contributed by atoms with Gasteiger partial charge < -0.3 is 10.1 Å². The molecule has 8 nitrogen and oxygen atoms in total. The van der Waals surface area contributed by atoms with Crippen molar-refractivity contribution in [1.82, 2.24) is 24.8 Å². The van der Waals surface area contributed by atoms with Gasteiger partial charge in [-0.3, -0.25) is 19.2 Å². The van der Waals surface area contributed by atoms with Crippen molar-refractivity contribution in [3.8, 4) is 0 Å². The highest BCUT2D eigenvalue weighted by Gasteiger charge is 2.29. The van der Waals surface area contributed by atoms with Crippen LogP contribution in [0.25, 0.3) is 0 Å². The summed E-state index contributed by atoms with van der Waals surface area (Å²) in [6.45, 7) is 6.98. The first-order valence-electron chi connectivity index (χ1n) is 9.11. The molecule has 0 saturated carbocycles. The van der Waals surface area contributed by atoms with Gasteiger partial charge in [0.1, 0.15) is 6.04 Å². The molecule has 1 N–H and O–H groups in total. The summed E-state index contributed by atoms with van der Waals surface area (Å²) >= 11 is 0. The molecule has 1 unspecified atom stereocenters. The Balaban J connectivity index is 1.69. The van der Waals surface area contributed by atoms with E-state index < -0.39 is 6.04 Å². The minimum Gasteiger partial charge on any atom is -0.379 e. The lowest BCUT2D eigenvalue weighted by atomic mass is 10.1. The molecule has 0 aromatic carbocycles. The van der Waals surface area contributed by atoms with Crippen LogP contribution in [0.1, 0.15) is 23.0 Å². The Hall–Kier alpha value is -2.58. The Labute approximate surface area is 158 Å². The maximum atomic E-state index is 12.9. The van der Waals surface area contributed by atoms with Crippen molar-refractivity contribution in [3.63, 3.8) is 0 Å². The first-order valence-corrected chi connectivity index (χ1v) is 9.11. The minimum absolute atomic E-state index is 0.101. The quantitative estimate of drug-likeness (QED) is 0.793. The van der Waals surface area contributed by atoms with E-state index in [1.54, 1.807) is 23.9 Å². The zero-order valence-electron chi connectivity index (χ0n) is 15.7. The van der Waals surface area contributed by atoms with Crippen LogP contribution >= 0.6 is 0 Å². The number of aromatic nitrogens is 3. The van der Waals surface area contributed by atoms with Crippen LogP contribution in [0.2, 0.25) is 0 Å². The molecule has 0 radical (unpaired) electrons. The van der Waals surface area contributed by atoms with Crippen molar-refractivity contribution in [2.24, 2.45) is 0 Å². The van der Waals surface area contributed by atoms with E-state index in [0.717, 1.165) is 11.3 Å². The molecule has 144 valence electrons. The molecule has 3 heterocycles.